The number of methoxy groups -OCH3 is 1. The number of ketones is 1. The Labute approximate surface area is 219 Å². The highest BCUT2D eigenvalue weighted by molar-refractivity contribution is 5.96. The fraction of sp³-hybridized carbons (Fsp3) is 0.406. The fourth-order valence-corrected chi connectivity index (χ4v) is 6.62. The van der Waals surface area contributed by atoms with Gasteiger partial charge in [0, 0.05) is 29.9 Å². The standard InChI is InChI=1S/C32H36FNO3/c1-4-37-31-18-22(17-30(36-3)32(31)23-8-11-26(33)12-9-23)20-34-15-14-27-24(10-13-28(27)34)19-29(35)25-7-5-6-21(2)16-25/h5-9,11-12,16-18,24,27-28H,4,10,13-15,19-20H2,1-3H3/p+1/t24?,27-,28+/m0/s1. The van der Waals surface area contributed by atoms with Gasteiger partial charge in [0.25, 0.3) is 0 Å². The van der Waals surface area contributed by atoms with E-state index >= 15 is 0 Å². The van der Waals surface area contributed by atoms with Crippen molar-refractivity contribution < 1.29 is 23.6 Å². The summed E-state index contributed by atoms with van der Waals surface area (Å²) in [5.74, 6) is 2.62. The number of aryl methyl sites for hydroxylation is 1. The van der Waals surface area contributed by atoms with Crippen LogP contribution in [0.15, 0.2) is 60.7 Å². The van der Waals surface area contributed by atoms with Gasteiger partial charge < -0.3 is 14.4 Å². The molecule has 2 unspecified atom stereocenters. The molecular weight excluding hydrogens is 465 g/mol. The van der Waals surface area contributed by atoms with Crippen LogP contribution >= 0.6 is 0 Å². The zero-order valence-corrected chi connectivity index (χ0v) is 22.1. The molecule has 0 radical (unpaired) electrons. The van der Waals surface area contributed by atoms with E-state index in [1.807, 2.05) is 38.1 Å². The number of fused-ring (bicyclic) bond motifs is 1. The third kappa shape index (κ3) is 5.42. The van der Waals surface area contributed by atoms with E-state index in [9.17, 15) is 9.18 Å². The van der Waals surface area contributed by atoms with Crippen molar-refractivity contribution in [2.75, 3.05) is 20.3 Å². The molecule has 37 heavy (non-hydrogen) atoms. The Morgan fingerprint density at radius 2 is 1.81 bits per heavy atom. The molecule has 0 aromatic heterocycles. The molecule has 3 aromatic carbocycles. The van der Waals surface area contributed by atoms with Crippen molar-refractivity contribution in [3.05, 3.63) is 83.2 Å². The van der Waals surface area contributed by atoms with Crippen molar-refractivity contribution in [2.45, 2.75) is 52.1 Å². The third-order valence-corrected chi connectivity index (χ3v) is 8.29. The van der Waals surface area contributed by atoms with Gasteiger partial charge in [-0.15, -0.1) is 0 Å². The number of benzene rings is 3. The van der Waals surface area contributed by atoms with Crippen LogP contribution in [0.5, 0.6) is 11.5 Å². The van der Waals surface area contributed by atoms with Crippen LogP contribution in [0, 0.1) is 24.6 Å². The van der Waals surface area contributed by atoms with Crippen LogP contribution in [-0.2, 0) is 6.54 Å². The molecule has 0 bridgehead atoms. The third-order valence-electron chi connectivity index (χ3n) is 8.29. The van der Waals surface area contributed by atoms with Gasteiger partial charge in [0.15, 0.2) is 5.78 Å². The first-order valence-corrected chi connectivity index (χ1v) is 13.5. The molecule has 2 fully saturated rings. The highest BCUT2D eigenvalue weighted by atomic mass is 19.1. The molecule has 4 atom stereocenters. The van der Waals surface area contributed by atoms with E-state index in [4.69, 9.17) is 9.47 Å². The maximum Gasteiger partial charge on any atom is 0.163 e. The molecule has 0 amide bonds. The number of ether oxygens (including phenoxy) is 2. The zero-order chi connectivity index (χ0) is 25.9. The average molecular weight is 503 g/mol. The monoisotopic (exact) mass is 502 g/mol. The summed E-state index contributed by atoms with van der Waals surface area (Å²) in [4.78, 5) is 14.6. The SMILES string of the molecule is CCOc1cc(C[NH+]2CC[C@H]3C(CC(=O)c4cccc(C)c4)CC[C@H]32)cc(OC)c1-c1ccc(F)cc1. The van der Waals surface area contributed by atoms with Crippen molar-refractivity contribution in [3.63, 3.8) is 0 Å². The Morgan fingerprint density at radius 3 is 2.54 bits per heavy atom. The van der Waals surface area contributed by atoms with Gasteiger partial charge in [-0.3, -0.25) is 4.79 Å². The van der Waals surface area contributed by atoms with Crippen molar-refractivity contribution in [1.82, 2.24) is 0 Å². The second-order valence-corrected chi connectivity index (χ2v) is 10.6. The van der Waals surface area contributed by atoms with Gasteiger partial charge in [0.1, 0.15) is 23.9 Å². The van der Waals surface area contributed by atoms with Gasteiger partial charge in [-0.25, -0.2) is 4.39 Å². The number of carbonyl (C=O) groups excluding carboxylic acids is 1. The maximum atomic E-state index is 13.5. The summed E-state index contributed by atoms with van der Waals surface area (Å²) in [5, 5.41) is 0. The summed E-state index contributed by atoms with van der Waals surface area (Å²) in [6, 6.07) is 19.3. The zero-order valence-electron chi connectivity index (χ0n) is 22.1. The first-order chi connectivity index (χ1) is 18.0. The molecule has 5 rings (SSSR count). The number of rotatable bonds is 9. The van der Waals surface area contributed by atoms with E-state index in [-0.39, 0.29) is 11.6 Å². The first-order valence-electron chi connectivity index (χ1n) is 13.5. The molecule has 3 aromatic rings. The maximum absolute atomic E-state index is 13.5. The second-order valence-electron chi connectivity index (χ2n) is 10.6. The van der Waals surface area contributed by atoms with Crippen LogP contribution in [0.4, 0.5) is 4.39 Å². The van der Waals surface area contributed by atoms with E-state index in [0.717, 1.165) is 53.3 Å². The highest BCUT2D eigenvalue weighted by Gasteiger charge is 2.47. The van der Waals surface area contributed by atoms with Crippen LogP contribution in [0.3, 0.4) is 0 Å². The molecule has 4 nitrogen and oxygen atoms in total. The van der Waals surface area contributed by atoms with Gasteiger partial charge in [0.05, 0.1) is 31.9 Å². The van der Waals surface area contributed by atoms with Crippen LogP contribution < -0.4 is 14.4 Å². The van der Waals surface area contributed by atoms with Crippen molar-refractivity contribution in [2.24, 2.45) is 11.8 Å². The first kappa shape index (κ1) is 25.5. The molecule has 1 aliphatic carbocycles. The van der Waals surface area contributed by atoms with E-state index < -0.39 is 0 Å². The van der Waals surface area contributed by atoms with Crippen molar-refractivity contribution in [3.8, 4) is 22.6 Å². The molecular formula is C32H37FNO3+. The molecule has 1 N–H and O–H groups in total. The van der Waals surface area contributed by atoms with Gasteiger partial charge in [-0.2, -0.15) is 0 Å². The van der Waals surface area contributed by atoms with Crippen LogP contribution in [0.25, 0.3) is 11.1 Å². The van der Waals surface area contributed by atoms with Crippen molar-refractivity contribution in [1.29, 1.82) is 0 Å². The minimum Gasteiger partial charge on any atom is -0.496 e. The summed E-state index contributed by atoms with van der Waals surface area (Å²) in [7, 11) is 1.67. The number of halogens is 1. The number of likely N-dealkylation sites (tertiary alicyclic amines) is 1. The summed E-state index contributed by atoms with van der Waals surface area (Å²) >= 11 is 0. The molecule has 5 heteroatoms. The lowest BCUT2D eigenvalue weighted by Crippen LogP contribution is -3.12. The predicted octanol–water partition coefficient (Wildman–Crippen LogP) is 5.66. The number of nitrogens with one attached hydrogen (secondary N) is 1. The quantitative estimate of drug-likeness (QED) is 0.384. The lowest BCUT2D eigenvalue weighted by molar-refractivity contribution is -0.927. The average Bonchev–Trinajstić information content (AvgIpc) is 3.48. The second kappa shape index (κ2) is 11.1. The Balaban J connectivity index is 1.32. The lowest BCUT2D eigenvalue weighted by atomic mass is 9.87. The molecule has 1 heterocycles. The van der Waals surface area contributed by atoms with E-state index in [1.165, 1.54) is 30.5 Å². The van der Waals surface area contributed by atoms with Crippen LogP contribution in [-0.4, -0.2) is 32.1 Å². The molecule has 1 saturated carbocycles. The minimum absolute atomic E-state index is 0.264. The van der Waals surface area contributed by atoms with E-state index in [1.54, 1.807) is 24.1 Å². The summed E-state index contributed by atoms with van der Waals surface area (Å²) in [6.07, 6.45) is 4.14. The summed E-state index contributed by atoms with van der Waals surface area (Å²) in [6.45, 7) is 6.58. The lowest BCUT2D eigenvalue weighted by Gasteiger charge is -2.23. The van der Waals surface area contributed by atoms with Gasteiger partial charge in [-0.1, -0.05) is 35.9 Å². The van der Waals surface area contributed by atoms with Gasteiger partial charge in [-0.05, 0) is 68.5 Å². The Morgan fingerprint density at radius 1 is 1.03 bits per heavy atom. The number of Topliss-reactive ketones (excluding diaryl/α,β-unsaturated/α-hetero) is 1. The van der Waals surface area contributed by atoms with Crippen LogP contribution in [0.1, 0.15) is 54.1 Å². The molecule has 2 aliphatic rings. The normalized spacial score (nSPS) is 22.6. The van der Waals surface area contributed by atoms with Crippen LogP contribution in [0.2, 0.25) is 0 Å². The summed E-state index contributed by atoms with van der Waals surface area (Å²) in [5.41, 5.74) is 4.90. The fourth-order valence-electron chi connectivity index (χ4n) is 6.62. The van der Waals surface area contributed by atoms with Crippen molar-refractivity contribution >= 4 is 5.78 Å². The Hall–Kier alpha value is -3.18. The van der Waals surface area contributed by atoms with Gasteiger partial charge in [0.2, 0.25) is 0 Å². The van der Waals surface area contributed by atoms with Gasteiger partial charge >= 0.3 is 0 Å². The smallest absolute Gasteiger partial charge is 0.163 e. The number of quaternary nitrogens is 1. The molecule has 1 saturated heterocycles. The molecule has 1 aliphatic heterocycles. The summed E-state index contributed by atoms with van der Waals surface area (Å²) < 4.78 is 25.4. The van der Waals surface area contributed by atoms with E-state index in [0.29, 0.717) is 30.9 Å². The highest BCUT2D eigenvalue weighted by Crippen LogP contribution is 2.41. The Bertz CT molecular complexity index is 1260. The predicted molar refractivity (Wildman–Crippen MR) is 144 cm³/mol. The molecule has 0 spiro atoms. The Kier molecular flexibility index (Phi) is 7.61. The number of hydrogen-bond acceptors (Lipinski definition) is 3. The largest absolute Gasteiger partial charge is 0.496 e. The number of hydrogen-bond donors (Lipinski definition) is 1. The molecule has 194 valence electrons. The number of carbonyl (C=O) groups is 1. The topological polar surface area (TPSA) is 40.0 Å². The van der Waals surface area contributed by atoms with E-state index in [2.05, 4.69) is 12.1 Å². The minimum atomic E-state index is -0.264.